The Hall–Kier alpha value is -1.98. The van der Waals surface area contributed by atoms with Crippen LogP contribution in [0.15, 0.2) is 53.4 Å². The minimum Gasteiger partial charge on any atom is -0.294 e. The van der Waals surface area contributed by atoms with Gasteiger partial charge in [-0.25, -0.2) is 13.6 Å². The van der Waals surface area contributed by atoms with Crippen LogP contribution in [0, 0.1) is 6.92 Å². The highest BCUT2D eigenvalue weighted by molar-refractivity contribution is 7.89. The predicted octanol–water partition coefficient (Wildman–Crippen LogP) is 2.07. The normalized spacial score (nSPS) is 11.3. The van der Waals surface area contributed by atoms with Gasteiger partial charge in [0.15, 0.2) is 5.78 Å². The molecule has 0 radical (unpaired) electrons. The van der Waals surface area contributed by atoms with Crippen molar-refractivity contribution in [2.45, 2.75) is 18.2 Å². The van der Waals surface area contributed by atoms with Gasteiger partial charge in [0.2, 0.25) is 10.0 Å². The van der Waals surface area contributed by atoms with Crippen molar-refractivity contribution in [2.24, 2.45) is 5.14 Å². The van der Waals surface area contributed by atoms with Gasteiger partial charge in [-0.3, -0.25) is 4.79 Å². The molecule has 0 heterocycles. The molecule has 20 heavy (non-hydrogen) atoms. The minimum absolute atomic E-state index is 0.0201. The lowest BCUT2D eigenvalue weighted by molar-refractivity contribution is 0.0993. The highest BCUT2D eigenvalue weighted by Crippen LogP contribution is 2.13. The minimum atomic E-state index is -3.74. The monoisotopic (exact) mass is 289 g/mol. The second kappa shape index (κ2) is 5.56. The van der Waals surface area contributed by atoms with Crippen molar-refractivity contribution in [1.82, 2.24) is 0 Å². The average molecular weight is 289 g/mol. The molecule has 0 fully saturated rings. The van der Waals surface area contributed by atoms with E-state index in [1.165, 1.54) is 12.1 Å². The van der Waals surface area contributed by atoms with Crippen LogP contribution in [0.4, 0.5) is 0 Å². The summed E-state index contributed by atoms with van der Waals surface area (Å²) in [6.07, 6.45) is 0.145. The molecule has 104 valence electrons. The smallest absolute Gasteiger partial charge is 0.238 e. The van der Waals surface area contributed by atoms with Gasteiger partial charge in [0.05, 0.1) is 4.90 Å². The van der Waals surface area contributed by atoms with Gasteiger partial charge >= 0.3 is 0 Å². The van der Waals surface area contributed by atoms with E-state index in [1.54, 1.807) is 24.3 Å². The summed E-state index contributed by atoms with van der Waals surface area (Å²) >= 11 is 0. The standard InChI is InChI=1S/C15H15NO3S/c1-11-5-7-13(8-6-11)15(17)10-12-3-2-4-14(9-12)20(16,18)19/h2-9H,10H2,1H3,(H2,16,18,19). The van der Waals surface area contributed by atoms with E-state index in [2.05, 4.69) is 0 Å². The molecule has 5 heteroatoms. The Balaban J connectivity index is 2.22. The lowest BCUT2D eigenvalue weighted by atomic mass is 10.0. The van der Waals surface area contributed by atoms with Crippen LogP contribution >= 0.6 is 0 Å². The second-order valence-corrected chi connectivity index (χ2v) is 6.22. The zero-order valence-corrected chi connectivity index (χ0v) is 11.9. The Labute approximate surface area is 118 Å². The van der Waals surface area contributed by atoms with Gasteiger partial charge in [-0.05, 0) is 24.6 Å². The highest BCUT2D eigenvalue weighted by Gasteiger charge is 2.11. The van der Waals surface area contributed by atoms with Gasteiger partial charge in [0.25, 0.3) is 0 Å². The van der Waals surface area contributed by atoms with E-state index in [1.807, 2.05) is 19.1 Å². The second-order valence-electron chi connectivity index (χ2n) is 4.66. The fourth-order valence-electron chi connectivity index (χ4n) is 1.86. The van der Waals surface area contributed by atoms with E-state index in [-0.39, 0.29) is 17.1 Å². The first kappa shape index (κ1) is 14.4. The maximum Gasteiger partial charge on any atom is 0.238 e. The van der Waals surface area contributed by atoms with Crippen LogP contribution < -0.4 is 5.14 Å². The summed E-state index contributed by atoms with van der Waals surface area (Å²) in [7, 11) is -3.74. The lowest BCUT2D eigenvalue weighted by Gasteiger charge is -2.04. The quantitative estimate of drug-likeness (QED) is 0.875. The van der Waals surface area contributed by atoms with Crippen LogP contribution in [-0.2, 0) is 16.4 Å². The van der Waals surface area contributed by atoms with E-state index >= 15 is 0 Å². The average Bonchev–Trinajstić information content (AvgIpc) is 2.38. The van der Waals surface area contributed by atoms with E-state index < -0.39 is 10.0 Å². The number of rotatable bonds is 4. The number of carbonyl (C=O) groups excluding carboxylic acids is 1. The molecule has 2 N–H and O–H groups in total. The number of carbonyl (C=O) groups is 1. The molecule has 4 nitrogen and oxygen atoms in total. The first-order valence-corrected chi connectivity index (χ1v) is 7.62. The molecule has 0 aliphatic carbocycles. The Kier molecular flexibility index (Phi) is 4.01. The topological polar surface area (TPSA) is 77.2 Å². The lowest BCUT2D eigenvalue weighted by Crippen LogP contribution is -2.12. The van der Waals surface area contributed by atoms with Gasteiger partial charge in [-0.15, -0.1) is 0 Å². The van der Waals surface area contributed by atoms with Crippen molar-refractivity contribution in [3.05, 3.63) is 65.2 Å². The Morgan fingerprint density at radius 1 is 1.10 bits per heavy atom. The number of primary sulfonamides is 1. The van der Waals surface area contributed by atoms with Gasteiger partial charge < -0.3 is 0 Å². The van der Waals surface area contributed by atoms with Gasteiger partial charge in [-0.1, -0.05) is 42.0 Å². The number of sulfonamides is 1. The summed E-state index contributed by atoms with van der Waals surface area (Å²) in [6.45, 7) is 1.95. The zero-order valence-electron chi connectivity index (χ0n) is 11.0. The first-order valence-electron chi connectivity index (χ1n) is 6.08. The molecule has 2 rings (SSSR count). The van der Waals surface area contributed by atoms with Crippen LogP contribution in [0.1, 0.15) is 21.5 Å². The van der Waals surface area contributed by atoms with Gasteiger partial charge in [-0.2, -0.15) is 0 Å². The third-order valence-electron chi connectivity index (χ3n) is 2.97. The Bertz CT molecular complexity index is 734. The maximum absolute atomic E-state index is 12.1. The van der Waals surface area contributed by atoms with Crippen molar-refractivity contribution >= 4 is 15.8 Å². The molecule has 0 saturated heterocycles. The maximum atomic E-state index is 12.1. The fourth-order valence-corrected chi connectivity index (χ4v) is 2.44. The Morgan fingerprint density at radius 3 is 2.35 bits per heavy atom. The number of aryl methyl sites for hydroxylation is 1. The highest BCUT2D eigenvalue weighted by atomic mass is 32.2. The van der Waals surface area contributed by atoms with Crippen LogP contribution in [0.25, 0.3) is 0 Å². The summed E-state index contributed by atoms with van der Waals surface area (Å²) < 4.78 is 22.5. The van der Waals surface area contributed by atoms with Crippen molar-refractivity contribution in [3.8, 4) is 0 Å². The first-order chi connectivity index (χ1) is 9.36. The summed E-state index contributed by atoms with van der Waals surface area (Å²) in [5.41, 5.74) is 2.32. The number of ketones is 1. The molecule has 2 aromatic carbocycles. The molecule has 0 aliphatic heterocycles. The summed E-state index contributed by atoms with van der Waals surface area (Å²) in [5, 5.41) is 5.07. The fraction of sp³-hybridized carbons (Fsp3) is 0.133. The van der Waals surface area contributed by atoms with Crippen LogP contribution in [0.5, 0.6) is 0 Å². The van der Waals surface area contributed by atoms with Crippen molar-refractivity contribution < 1.29 is 13.2 Å². The predicted molar refractivity (Wildman–Crippen MR) is 77.0 cm³/mol. The molecule has 0 amide bonds. The summed E-state index contributed by atoms with van der Waals surface area (Å²) in [6, 6.07) is 13.4. The van der Waals surface area contributed by atoms with Gasteiger partial charge in [0, 0.05) is 12.0 Å². The summed E-state index contributed by atoms with van der Waals surface area (Å²) in [4.78, 5) is 12.1. The molecular formula is C15H15NO3S. The Morgan fingerprint density at radius 2 is 1.75 bits per heavy atom. The third-order valence-corrected chi connectivity index (χ3v) is 3.88. The SMILES string of the molecule is Cc1ccc(C(=O)Cc2cccc(S(N)(=O)=O)c2)cc1. The third kappa shape index (κ3) is 3.53. The number of benzene rings is 2. The molecule has 0 spiro atoms. The molecular weight excluding hydrogens is 274 g/mol. The number of nitrogens with two attached hydrogens (primary N) is 1. The van der Waals surface area contributed by atoms with Crippen LogP contribution in [0.3, 0.4) is 0 Å². The van der Waals surface area contributed by atoms with Gasteiger partial charge in [0.1, 0.15) is 0 Å². The number of Topliss-reactive ketones (excluding diaryl/α,β-unsaturated/α-hetero) is 1. The summed E-state index contributed by atoms with van der Waals surface area (Å²) in [5.74, 6) is -0.0587. The molecule has 0 aromatic heterocycles. The van der Waals surface area contributed by atoms with Crippen LogP contribution in [-0.4, -0.2) is 14.2 Å². The van der Waals surface area contributed by atoms with E-state index in [9.17, 15) is 13.2 Å². The largest absolute Gasteiger partial charge is 0.294 e. The molecule has 0 aliphatic rings. The van der Waals surface area contributed by atoms with Crippen molar-refractivity contribution in [2.75, 3.05) is 0 Å². The van der Waals surface area contributed by atoms with E-state index in [0.29, 0.717) is 11.1 Å². The van der Waals surface area contributed by atoms with Crippen LogP contribution in [0.2, 0.25) is 0 Å². The number of hydrogen-bond donors (Lipinski definition) is 1. The molecule has 2 aromatic rings. The molecule has 0 saturated carbocycles. The van der Waals surface area contributed by atoms with Crippen molar-refractivity contribution in [1.29, 1.82) is 0 Å². The zero-order chi connectivity index (χ0) is 14.8. The van der Waals surface area contributed by atoms with Crippen molar-refractivity contribution in [3.63, 3.8) is 0 Å². The molecule has 0 atom stereocenters. The van der Waals surface area contributed by atoms with E-state index in [4.69, 9.17) is 5.14 Å². The number of hydrogen-bond acceptors (Lipinski definition) is 3. The van der Waals surface area contributed by atoms with E-state index in [0.717, 1.165) is 5.56 Å². The molecule has 0 unspecified atom stereocenters. The molecule has 0 bridgehead atoms.